The van der Waals surface area contributed by atoms with Crippen LogP contribution in [0.3, 0.4) is 0 Å². The molecule has 2 rings (SSSR count). The lowest BCUT2D eigenvalue weighted by atomic mass is 9.85. The molecule has 0 aliphatic heterocycles. The minimum absolute atomic E-state index is 0.265. The van der Waals surface area contributed by atoms with Gasteiger partial charge in [-0.05, 0) is 31.0 Å². The molecule has 1 fully saturated rings. The normalized spacial score (nSPS) is 18.0. The van der Waals surface area contributed by atoms with Crippen LogP contribution in [0.25, 0.3) is 0 Å². The Morgan fingerprint density at radius 2 is 2.00 bits per heavy atom. The molecule has 2 N–H and O–H groups in total. The van der Waals surface area contributed by atoms with Crippen molar-refractivity contribution in [3.05, 3.63) is 29.6 Å². The van der Waals surface area contributed by atoms with Gasteiger partial charge in [0.2, 0.25) is 0 Å². The molecular weight excluding hydrogens is 269 g/mol. The summed E-state index contributed by atoms with van der Waals surface area (Å²) in [4.78, 5) is 0. The Labute approximate surface area is 126 Å². The molecule has 1 aromatic carbocycles. The van der Waals surface area contributed by atoms with E-state index in [1.54, 1.807) is 6.07 Å². The molecule has 1 saturated carbocycles. The quantitative estimate of drug-likeness (QED) is 0.845. The Morgan fingerprint density at radius 3 is 2.67 bits per heavy atom. The summed E-state index contributed by atoms with van der Waals surface area (Å²) < 4.78 is 19.2. The summed E-state index contributed by atoms with van der Waals surface area (Å²) in [5, 5.41) is 13.7. The van der Waals surface area contributed by atoms with Crippen molar-refractivity contribution in [2.24, 2.45) is 0 Å². The van der Waals surface area contributed by atoms with Crippen LogP contribution in [0.4, 0.5) is 4.39 Å². The van der Waals surface area contributed by atoms with Crippen molar-refractivity contribution in [3.63, 3.8) is 0 Å². The molecule has 3 nitrogen and oxygen atoms in total. The van der Waals surface area contributed by atoms with Crippen molar-refractivity contribution in [1.29, 1.82) is 0 Å². The van der Waals surface area contributed by atoms with Crippen molar-refractivity contribution < 1.29 is 14.2 Å². The van der Waals surface area contributed by atoms with Gasteiger partial charge in [0.15, 0.2) is 0 Å². The lowest BCUT2D eigenvalue weighted by Crippen LogP contribution is -2.38. The third-order valence-electron chi connectivity index (χ3n) is 4.00. The maximum atomic E-state index is 13.4. The largest absolute Gasteiger partial charge is 0.490 e. The standard InChI is InChI=1S/C17H26FNO2/c1-13(2)19-11-14-10-15(18)6-7-16(14)21-12-17(20)8-4-3-5-9-17/h6-7,10,13,19-20H,3-5,8-9,11-12H2,1-2H3. The van der Waals surface area contributed by atoms with E-state index < -0.39 is 5.60 Å². The second kappa shape index (κ2) is 7.23. The summed E-state index contributed by atoms with van der Waals surface area (Å²) >= 11 is 0. The maximum Gasteiger partial charge on any atom is 0.124 e. The minimum Gasteiger partial charge on any atom is -0.490 e. The number of hydrogen-bond donors (Lipinski definition) is 2. The Kier molecular flexibility index (Phi) is 5.59. The highest BCUT2D eigenvalue weighted by Crippen LogP contribution is 2.29. The van der Waals surface area contributed by atoms with Crippen LogP contribution in [0.5, 0.6) is 5.75 Å². The smallest absolute Gasteiger partial charge is 0.124 e. The van der Waals surface area contributed by atoms with Crippen LogP contribution in [-0.4, -0.2) is 23.4 Å². The van der Waals surface area contributed by atoms with Crippen molar-refractivity contribution in [1.82, 2.24) is 5.32 Å². The first-order chi connectivity index (χ1) is 9.98. The number of hydrogen-bond acceptors (Lipinski definition) is 3. The molecule has 0 amide bonds. The zero-order valence-electron chi connectivity index (χ0n) is 13.0. The van der Waals surface area contributed by atoms with Crippen molar-refractivity contribution >= 4 is 0 Å². The molecule has 0 aromatic heterocycles. The number of benzene rings is 1. The van der Waals surface area contributed by atoms with E-state index in [0.29, 0.717) is 18.3 Å². The van der Waals surface area contributed by atoms with Crippen LogP contribution in [0.1, 0.15) is 51.5 Å². The third-order valence-corrected chi connectivity index (χ3v) is 4.00. The Morgan fingerprint density at radius 1 is 1.29 bits per heavy atom. The molecule has 21 heavy (non-hydrogen) atoms. The molecule has 1 aliphatic rings. The van der Waals surface area contributed by atoms with Crippen LogP contribution >= 0.6 is 0 Å². The zero-order valence-corrected chi connectivity index (χ0v) is 13.0. The van der Waals surface area contributed by atoms with Gasteiger partial charge < -0.3 is 15.2 Å². The fourth-order valence-corrected chi connectivity index (χ4v) is 2.71. The molecule has 0 atom stereocenters. The highest BCUT2D eigenvalue weighted by Gasteiger charge is 2.30. The number of nitrogens with one attached hydrogen (secondary N) is 1. The summed E-state index contributed by atoms with van der Waals surface area (Å²) in [6, 6.07) is 4.87. The topological polar surface area (TPSA) is 41.5 Å². The summed E-state index contributed by atoms with van der Waals surface area (Å²) in [5.74, 6) is 0.392. The van der Waals surface area contributed by atoms with Gasteiger partial charge in [0, 0.05) is 18.2 Å². The third kappa shape index (κ3) is 4.97. The van der Waals surface area contributed by atoms with Gasteiger partial charge in [0.05, 0.1) is 5.60 Å². The maximum absolute atomic E-state index is 13.4. The first kappa shape index (κ1) is 16.2. The van der Waals surface area contributed by atoms with Gasteiger partial charge in [0.1, 0.15) is 18.2 Å². The van der Waals surface area contributed by atoms with Crippen LogP contribution in [0.2, 0.25) is 0 Å². The van der Waals surface area contributed by atoms with Crippen molar-refractivity contribution in [3.8, 4) is 5.75 Å². The number of rotatable bonds is 6. The first-order valence-corrected chi connectivity index (χ1v) is 7.85. The summed E-state index contributed by atoms with van der Waals surface area (Å²) in [6.45, 7) is 4.94. The second-order valence-corrected chi connectivity index (χ2v) is 6.36. The molecule has 4 heteroatoms. The van der Waals surface area contributed by atoms with Gasteiger partial charge in [-0.25, -0.2) is 4.39 Å². The van der Waals surface area contributed by atoms with Crippen LogP contribution in [0.15, 0.2) is 18.2 Å². The minimum atomic E-state index is -0.727. The number of halogens is 1. The molecule has 0 saturated heterocycles. The molecule has 1 aliphatic carbocycles. The molecule has 0 radical (unpaired) electrons. The van der Waals surface area contributed by atoms with Gasteiger partial charge in [-0.1, -0.05) is 33.1 Å². The average molecular weight is 295 g/mol. The van der Waals surface area contributed by atoms with E-state index in [-0.39, 0.29) is 12.4 Å². The van der Waals surface area contributed by atoms with E-state index in [9.17, 15) is 9.50 Å². The average Bonchev–Trinajstić information content (AvgIpc) is 2.45. The number of aliphatic hydroxyl groups is 1. The van der Waals surface area contributed by atoms with E-state index in [2.05, 4.69) is 5.32 Å². The lowest BCUT2D eigenvalue weighted by molar-refractivity contribution is -0.0341. The molecule has 0 spiro atoms. The van der Waals surface area contributed by atoms with E-state index in [4.69, 9.17) is 4.74 Å². The van der Waals surface area contributed by atoms with E-state index in [0.717, 1.165) is 31.2 Å². The van der Waals surface area contributed by atoms with Gasteiger partial charge in [0.25, 0.3) is 0 Å². The molecule has 1 aromatic rings. The van der Waals surface area contributed by atoms with E-state index in [1.165, 1.54) is 18.6 Å². The van der Waals surface area contributed by atoms with Crippen LogP contribution in [0, 0.1) is 5.82 Å². The predicted molar refractivity (Wildman–Crippen MR) is 81.9 cm³/mol. The molecule has 118 valence electrons. The highest BCUT2D eigenvalue weighted by atomic mass is 19.1. The van der Waals surface area contributed by atoms with Gasteiger partial charge >= 0.3 is 0 Å². The highest BCUT2D eigenvalue weighted by molar-refractivity contribution is 5.34. The fourth-order valence-electron chi connectivity index (χ4n) is 2.71. The summed E-state index contributed by atoms with van der Waals surface area (Å²) in [7, 11) is 0. The zero-order chi connectivity index (χ0) is 15.3. The summed E-state index contributed by atoms with van der Waals surface area (Å²) in [5.41, 5.74) is 0.0677. The van der Waals surface area contributed by atoms with Crippen LogP contribution < -0.4 is 10.1 Å². The fraction of sp³-hybridized carbons (Fsp3) is 0.647. The molecular formula is C17H26FNO2. The van der Waals surface area contributed by atoms with Gasteiger partial charge in [-0.15, -0.1) is 0 Å². The van der Waals surface area contributed by atoms with Crippen molar-refractivity contribution in [2.75, 3.05) is 6.61 Å². The second-order valence-electron chi connectivity index (χ2n) is 6.36. The van der Waals surface area contributed by atoms with Gasteiger partial charge in [-0.3, -0.25) is 0 Å². The lowest BCUT2D eigenvalue weighted by Gasteiger charge is -2.32. The predicted octanol–water partition coefficient (Wildman–Crippen LogP) is 3.40. The van der Waals surface area contributed by atoms with Crippen LogP contribution in [-0.2, 0) is 6.54 Å². The Hall–Kier alpha value is -1.13. The van der Waals surface area contributed by atoms with E-state index in [1.807, 2.05) is 13.8 Å². The van der Waals surface area contributed by atoms with E-state index >= 15 is 0 Å². The monoisotopic (exact) mass is 295 g/mol. The number of ether oxygens (including phenoxy) is 1. The summed E-state index contributed by atoms with van der Waals surface area (Å²) in [6.07, 6.45) is 4.85. The first-order valence-electron chi connectivity index (χ1n) is 7.85. The Balaban J connectivity index is 2.01. The Bertz CT molecular complexity index is 456. The SMILES string of the molecule is CC(C)NCc1cc(F)ccc1OCC1(O)CCCCC1. The molecule has 0 bridgehead atoms. The van der Waals surface area contributed by atoms with Gasteiger partial charge in [-0.2, -0.15) is 0 Å². The molecule has 0 heterocycles. The van der Waals surface area contributed by atoms with Crippen molar-refractivity contribution in [2.45, 2.75) is 64.1 Å². The molecule has 0 unspecified atom stereocenters.